The number of amides is 1. The van der Waals surface area contributed by atoms with Crippen LogP contribution in [0.25, 0.3) is 0 Å². The minimum absolute atomic E-state index is 0.0609. The summed E-state index contributed by atoms with van der Waals surface area (Å²) in [5.74, 6) is -1.07. The first kappa shape index (κ1) is 18.2. The van der Waals surface area contributed by atoms with Crippen LogP contribution in [-0.2, 0) is 11.2 Å². The molecule has 7 nitrogen and oxygen atoms in total. The van der Waals surface area contributed by atoms with Crippen LogP contribution in [-0.4, -0.2) is 29.0 Å². The van der Waals surface area contributed by atoms with Crippen LogP contribution in [0.5, 0.6) is 0 Å². The van der Waals surface area contributed by atoms with E-state index in [9.17, 15) is 9.59 Å². The fourth-order valence-electron chi connectivity index (χ4n) is 2.29. The van der Waals surface area contributed by atoms with Crippen molar-refractivity contribution in [3.63, 3.8) is 0 Å². The first-order chi connectivity index (χ1) is 13.1. The molecule has 3 aromatic rings. The van der Waals surface area contributed by atoms with Crippen LogP contribution in [0.3, 0.4) is 0 Å². The summed E-state index contributed by atoms with van der Waals surface area (Å²) in [6.45, 7) is 0. The van der Waals surface area contributed by atoms with Gasteiger partial charge in [0.05, 0.1) is 18.7 Å². The zero-order valence-corrected chi connectivity index (χ0v) is 15.1. The number of ether oxygens (including phenoxy) is 1. The Balaban J connectivity index is 1.67. The molecule has 0 radical (unpaired) electrons. The summed E-state index contributed by atoms with van der Waals surface area (Å²) in [4.78, 5) is 33.0. The number of benzene rings is 1. The SMILES string of the molecule is COC(=O)c1cccc(C(=O)Nc2ncc(Cc3ccc(C#N)cc3)s2)n1. The Labute approximate surface area is 159 Å². The number of hydrogen-bond donors (Lipinski definition) is 1. The van der Waals surface area contributed by atoms with Crippen LogP contribution >= 0.6 is 11.3 Å². The van der Waals surface area contributed by atoms with Gasteiger partial charge >= 0.3 is 5.97 Å². The second kappa shape index (κ2) is 8.21. The maximum Gasteiger partial charge on any atom is 0.356 e. The Morgan fingerprint density at radius 1 is 1.19 bits per heavy atom. The number of pyridine rings is 1. The minimum Gasteiger partial charge on any atom is -0.464 e. The molecule has 27 heavy (non-hydrogen) atoms. The number of anilines is 1. The van der Waals surface area contributed by atoms with E-state index in [0.717, 1.165) is 10.4 Å². The lowest BCUT2D eigenvalue weighted by Gasteiger charge is -2.03. The number of thiazole rings is 1. The van der Waals surface area contributed by atoms with Crippen LogP contribution in [0, 0.1) is 11.3 Å². The van der Waals surface area contributed by atoms with Gasteiger partial charge in [0.15, 0.2) is 5.13 Å². The van der Waals surface area contributed by atoms with Crippen molar-refractivity contribution in [1.29, 1.82) is 5.26 Å². The molecule has 0 bridgehead atoms. The van der Waals surface area contributed by atoms with E-state index < -0.39 is 11.9 Å². The number of nitriles is 1. The van der Waals surface area contributed by atoms with Crippen molar-refractivity contribution < 1.29 is 14.3 Å². The predicted molar refractivity (Wildman–Crippen MR) is 99.6 cm³/mol. The molecule has 0 aliphatic rings. The molecule has 0 saturated heterocycles. The zero-order valence-electron chi connectivity index (χ0n) is 14.3. The number of nitrogens with one attached hydrogen (secondary N) is 1. The van der Waals surface area contributed by atoms with Gasteiger partial charge in [0.25, 0.3) is 5.91 Å². The van der Waals surface area contributed by atoms with Crippen LogP contribution in [0.15, 0.2) is 48.7 Å². The van der Waals surface area contributed by atoms with Crippen molar-refractivity contribution in [1.82, 2.24) is 9.97 Å². The van der Waals surface area contributed by atoms with Crippen LogP contribution in [0.1, 0.15) is 37.0 Å². The third-order valence-corrected chi connectivity index (χ3v) is 4.52. The molecule has 2 aromatic heterocycles. The topological polar surface area (TPSA) is 105 Å². The molecule has 0 fully saturated rings. The Morgan fingerprint density at radius 2 is 1.93 bits per heavy atom. The average molecular weight is 378 g/mol. The van der Waals surface area contributed by atoms with Crippen molar-refractivity contribution in [2.45, 2.75) is 6.42 Å². The van der Waals surface area contributed by atoms with Crippen molar-refractivity contribution in [3.8, 4) is 6.07 Å². The van der Waals surface area contributed by atoms with E-state index in [1.54, 1.807) is 24.4 Å². The highest BCUT2D eigenvalue weighted by atomic mass is 32.1. The van der Waals surface area contributed by atoms with Gasteiger partial charge < -0.3 is 4.74 Å². The normalized spacial score (nSPS) is 10.1. The third kappa shape index (κ3) is 4.54. The number of aromatic nitrogens is 2. The number of rotatable bonds is 5. The van der Waals surface area contributed by atoms with Gasteiger partial charge in [-0.3, -0.25) is 10.1 Å². The van der Waals surface area contributed by atoms with Gasteiger partial charge in [-0.05, 0) is 29.8 Å². The lowest BCUT2D eigenvalue weighted by atomic mass is 10.1. The molecule has 0 aliphatic carbocycles. The fraction of sp³-hybridized carbons (Fsp3) is 0.105. The summed E-state index contributed by atoms with van der Waals surface area (Å²) in [6, 6.07) is 13.9. The number of carbonyl (C=O) groups is 2. The Morgan fingerprint density at radius 3 is 2.63 bits per heavy atom. The minimum atomic E-state index is -0.608. The van der Waals surface area contributed by atoms with Crippen molar-refractivity contribution in [2.75, 3.05) is 12.4 Å². The average Bonchev–Trinajstić information content (AvgIpc) is 3.14. The van der Waals surface area contributed by atoms with E-state index in [1.807, 2.05) is 12.1 Å². The van der Waals surface area contributed by atoms with Gasteiger partial charge in [-0.1, -0.05) is 18.2 Å². The number of esters is 1. The molecule has 134 valence electrons. The summed E-state index contributed by atoms with van der Waals surface area (Å²) in [5.41, 5.74) is 1.81. The van der Waals surface area contributed by atoms with E-state index in [0.29, 0.717) is 17.1 Å². The number of carbonyl (C=O) groups excluding carboxylic acids is 2. The van der Waals surface area contributed by atoms with Gasteiger partial charge in [0.2, 0.25) is 0 Å². The van der Waals surface area contributed by atoms with Crippen molar-refractivity contribution in [2.24, 2.45) is 0 Å². The molecule has 0 saturated carbocycles. The monoisotopic (exact) mass is 378 g/mol. The van der Waals surface area contributed by atoms with Gasteiger partial charge in [-0.25, -0.2) is 14.8 Å². The molecule has 3 rings (SSSR count). The lowest BCUT2D eigenvalue weighted by Crippen LogP contribution is -2.15. The molecule has 0 spiro atoms. The molecule has 0 atom stereocenters. The van der Waals surface area contributed by atoms with Gasteiger partial charge in [-0.2, -0.15) is 5.26 Å². The summed E-state index contributed by atoms with van der Waals surface area (Å²) >= 11 is 1.35. The molecular formula is C19H14N4O3S. The highest BCUT2D eigenvalue weighted by Crippen LogP contribution is 2.22. The smallest absolute Gasteiger partial charge is 0.356 e. The van der Waals surface area contributed by atoms with E-state index in [4.69, 9.17) is 5.26 Å². The van der Waals surface area contributed by atoms with E-state index in [2.05, 4.69) is 26.1 Å². The molecule has 0 aliphatic heterocycles. The van der Waals surface area contributed by atoms with Gasteiger partial charge in [0, 0.05) is 17.5 Å². The Kier molecular flexibility index (Phi) is 5.54. The molecule has 1 amide bonds. The van der Waals surface area contributed by atoms with Gasteiger partial charge in [0.1, 0.15) is 11.4 Å². The molecule has 1 aromatic carbocycles. The number of methoxy groups -OCH3 is 1. The van der Waals surface area contributed by atoms with Crippen LogP contribution in [0.2, 0.25) is 0 Å². The van der Waals surface area contributed by atoms with E-state index in [1.165, 1.54) is 30.6 Å². The summed E-state index contributed by atoms with van der Waals surface area (Å²) in [6.07, 6.45) is 2.34. The highest BCUT2D eigenvalue weighted by molar-refractivity contribution is 7.15. The van der Waals surface area contributed by atoms with Gasteiger partial charge in [-0.15, -0.1) is 11.3 Å². The Hall–Kier alpha value is -3.57. The largest absolute Gasteiger partial charge is 0.464 e. The molecule has 2 heterocycles. The third-order valence-electron chi connectivity index (χ3n) is 3.61. The van der Waals surface area contributed by atoms with Crippen LogP contribution < -0.4 is 5.32 Å². The van der Waals surface area contributed by atoms with Crippen molar-refractivity contribution in [3.05, 3.63) is 76.1 Å². The van der Waals surface area contributed by atoms with Crippen molar-refractivity contribution >= 4 is 28.3 Å². The second-order valence-corrected chi connectivity index (χ2v) is 6.59. The number of hydrogen-bond acceptors (Lipinski definition) is 7. The lowest BCUT2D eigenvalue weighted by molar-refractivity contribution is 0.0594. The molecule has 0 unspecified atom stereocenters. The second-order valence-electron chi connectivity index (χ2n) is 5.47. The molecule has 1 N–H and O–H groups in total. The maximum atomic E-state index is 12.3. The molecule has 8 heteroatoms. The molecular weight excluding hydrogens is 364 g/mol. The summed E-state index contributed by atoms with van der Waals surface area (Å²) < 4.78 is 4.60. The van der Waals surface area contributed by atoms with E-state index >= 15 is 0 Å². The highest BCUT2D eigenvalue weighted by Gasteiger charge is 2.14. The quantitative estimate of drug-likeness (QED) is 0.684. The van der Waals surface area contributed by atoms with Crippen LogP contribution in [0.4, 0.5) is 5.13 Å². The maximum absolute atomic E-state index is 12.3. The zero-order chi connectivity index (χ0) is 19.2. The summed E-state index contributed by atoms with van der Waals surface area (Å²) in [7, 11) is 1.25. The Bertz CT molecular complexity index is 1020. The fourth-order valence-corrected chi connectivity index (χ4v) is 3.13. The predicted octanol–water partition coefficient (Wildman–Crippen LogP) is 3.04. The number of nitrogens with zero attached hydrogens (tertiary/aromatic N) is 3. The standard InChI is InChI=1S/C19H14N4O3S/c1-26-18(25)16-4-2-3-15(22-16)17(24)23-19-21-11-14(27-19)9-12-5-7-13(10-20)8-6-12/h2-8,11H,9H2,1H3,(H,21,23,24). The first-order valence-electron chi connectivity index (χ1n) is 7.89. The van der Waals surface area contributed by atoms with E-state index in [-0.39, 0.29) is 11.4 Å². The first-order valence-corrected chi connectivity index (χ1v) is 8.71. The summed E-state index contributed by atoms with van der Waals surface area (Å²) in [5, 5.41) is 11.9.